The third-order valence-electron chi connectivity index (χ3n) is 7.73. The van der Waals surface area contributed by atoms with Gasteiger partial charge in [0.25, 0.3) is 0 Å². The average Bonchev–Trinajstić information content (AvgIpc) is 3.81. The third kappa shape index (κ3) is 5.78. The van der Waals surface area contributed by atoms with Crippen LogP contribution in [0.1, 0.15) is 0 Å². The highest BCUT2D eigenvalue weighted by molar-refractivity contribution is 8.02. The summed E-state index contributed by atoms with van der Waals surface area (Å²) >= 11 is 10.6. The van der Waals surface area contributed by atoms with E-state index in [0.717, 1.165) is 32.3 Å². The highest BCUT2D eigenvalue weighted by atomic mass is 32.2. The molecule has 45 heavy (non-hydrogen) atoms. The molecule has 0 amide bonds. The van der Waals surface area contributed by atoms with Crippen molar-refractivity contribution in [3.63, 3.8) is 0 Å². The Balaban J connectivity index is 1.42. The first-order valence-corrected chi connectivity index (χ1v) is 21.3. The molecule has 3 aromatic carbocycles. The topological polar surface area (TPSA) is 53.5 Å². The minimum Gasteiger partial charge on any atom is -0.291 e. The molecule has 0 fully saturated rings. The Hall–Kier alpha value is -2.61. The highest BCUT2D eigenvalue weighted by Gasteiger charge is 2.16. The first-order valence-electron chi connectivity index (χ1n) is 13.9. The lowest BCUT2D eigenvalue weighted by atomic mass is 10.2. The number of rotatable bonds is 9. The van der Waals surface area contributed by atoms with E-state index in [2.05, 4.69) is 111 Å². The molecule has 0 bridgehead atoms. The molecule has 0 unspecified atom stereocenters. The maximum Gasteiger partial charge on any atom is 0.240 e. The highest BCUT2D eigenvalue weighted by Crippen LogP contribution is 2.36. The molecule has 0 aliphatic rings. The summed E-state index contributed by atoms with van der Waals surface area (Å²) in [5, 5.41) is 6.93. The van der Waals surface area contributed by atoms with Crippen LogP contribution in [0.2, 0.25) is 0 Å². The summed E-state index contributed by atoms with van der Waals surface area (Å²) in [6.45, 7) is 0. The van der Waals surface area contributed by atoms with Crippen LogP contribution < -0.4 is 0 Å². The van der Waals surface area contributed by atoms with Crippen LogP contribution in [0.25, 0.3) is 50.2 Å². The zero-order chi connectivity index (χ0) is 31.2. The van der Waals surface area contributed by atoms with Crippen LogP contribution in [0.4, 0.5) is 0 Å². The van der Waals surface area contributed by atoms with Gasteiger partial charge in [-0.15, -0.1) is 70.6 Å². The Bertz CT molecular complexity index is 1830. The van der Waals surface area contributed by atoms with Gasteiger partial charge in [-0.3, -0.25) is 13.7 Å². The lowest BCUT2D eigenvalue weighted by Crippen LogP contribution is -2.11. The number of nitrogens with zero attached hydrogens (tertiary/aromatic N) is 6. The summed E-state index contributed by atoms with van der Waals surface area (Å²) in [6.07, 6.45) is 25.4. The zero-order valence-corrected chi connectivity index (χ0v) is 30.5. The van der Waals surface area contributed by atoms with Crippen molar-refractivity contribution in [2.45, 2.75) is 29.4 Å². The van der Waals surface area contributed by atoms with Gasteiger partial charge < -0.3 is 0 Å². The molecule has 0 aliphatic heterocycles. The molecule has 0 saturated carbocycles. The first-order chi connectivity index (χ1) is 21.9. The maximum absolute atomic E-state index is 5.03. The summed E-state index contributed by atoms with van der Waals surface area (Å²) < 4.78 is 6.07. The van der Waals surface area contributed by atoms with Crippen LogP contribution in [0, 0.1) is 0 Å². The summed E-state index contributed by atoms with van der Waals surface area (Å²) in [6, 6.07) is 13.5. The lowest BCUT2D eigenvalue weighted by molar-refractivity contribution is 0.805. The molecule has 4 heterocycles. The van der Waals surface area contributed by atoms with E-state index in [9.17, 15) is 0 Å². The number of hydrogen-bond donors (Lipinski definition) is 0. The van der Waals surface area contributed by atoms with Crippen molar-refractivity contribution < 1.29 is 0 Å². The van der Waals surface area contributed by atoms with Crippen LogP contribution in [-0.2, 0) is 0 Å². The smallest absolute Gasteiger partial charge is 0.240 e. The summed E-state index contributed by atoms with van der Waals surface area (Å²) in [5.74, 6) is 1.71. The van der Waals surface area contributed by atoms with Crippen molar-refractivity contribution in [1.29, 1.82) is 0 Å². The molecule has 0 spiro atoms. The van der Waals surface area contributed by atoms with Crippen molar-refractivity contribution in [1.82, 2.24) is 28.7 Å². The Morgan fingerprint density at radius 1 is 0.333 bits per heavy atom. The summed E-state index contributed by atoms with van der Waals surface area (Å²) in [4.78, 5) is 22.7. The molecule has 0 atom stereocenters. The van der Waals surface area contributed by atoms with E-state index in [1.165, 1.54) is 29.4 Å². The van der Waals surface area contributed by atoms with Gasteiger partial charge in [-0.1, -0.05) is 0 Å². The van der Waals surface area contributed by atoms with Crippen molar-refractivity contribution in [3.05, 3.63) is 73.6 Å². The second kappa shape index (κ2) is 12.9. The summed E-state index contributed by atoms with van der Waals surface area (Å²) in [7, 11) is 0. The SMILES string of the molecule is CSc1cc2cn(-c3nc(-n4cc5cc(SC)c(SC)cc5c4)nc(-n4cc5cc(SC)c(SC)cc5c4)n3)cc2cc1SC. The normalized spacial score (nSPS) is 11.9. The van der Waals surface area contributed by atoms with Gasteiger partial charge in [0.2, 0.25) is 17.8 Å². The molecule has 4 aromatic heterocycles. The second-order valence-corrected chi connectivity index (χ2v) is 15.3. The molecule has 7 rings (SSSR count). The first kappa shape index (κ1) is 31.0. The van der Waals surface area contributed by atoms with Gasteiger partial charge in [0, 0.05) is 98.9 Å². The Kier molecular flexibility index (Phi) is 8.88. The Morgan fingerprint density at radius 2 is 0.511 bits per heavy atom. The minimum atomic E-state index is 0.572. The predicted molar refractivity (Wildman–Crippen MR) is 201 cm³/mol. The van der Waals surface area contributed by atoms with Gasteiger partial charge in [0.15, 0.2) is 0 Å². The van der Waals surface area contributed by atoms with Crippen molar-refractivity contribution in [2.24, 2.45) is 0 Å². The van der Waals surface area contributed by atoms with Gasteiger partial charge in [-0.05, 0) is 73.9 Å². The molecule has 228 valence electrons. The van der Waals surface area contributed by atoms with Crippen molar-refractivity contribution in [3.8, 4) is 17.8 Å². The van der Waals surface area contributed by atoms with Gasteiger partial charge in [0.1, 0.15) is 0 Å². The number of thioether (sulfide) groups is 6. The number of benzene rings is 3. The maximum atomic E-state index is 5.03. The van der Waals surface area contributed by atoms with E-state index in [0.29, 0.717) is 17.8 Å². The van der Waals surface area contributed by atoms with Gasteiger partial charge in [-0.2, -0.15) is 15.0 Å². The molecule has 6 nitrogen and oxygen atoms in total. The van der Waals surface area contributed by atoms with E-state index >= 15 is 0 Å². The van der Waals surface area contributed by atoms with Crippen LogP contribution >= 0.6 is 70.6 Å². The summed E-state index contributed by atoms with van der Waals surface area (Å²) in [5.41, 5.74) is 0. The van der Waals surface area contributed by atoms with E-state index in [-0.39, 0.29) is 0 Å². The molecule has 0 radical (unpaired) electrons. The molecular weight excluding hydrogens is 673 g/mol. The Labute approximate surface area is 287 Å². The van der Waals surface area contributed by atoms with Crippen LogP contribution in [0.15, 0.2) is 103 Å². The van der Waals surface area contributed by atoms with Crippen LogP contribution in [0.5, 0.6) is 0 Å². The van der Waals surface area contributed by atoms with Gasteiger partial charge in [0.05, 0.1) is 0 Å². The van der Waals surface area contributed by atoms with Gasteiger partial charge >= 0.3 is 0 Å². The molecule has 0 aliphatic carbocycles. The molecule has 0 saturated heterocycles. The fraction of sp³-hybridized carbons (Fsp3) is 0.182. The van der Waals surface area contributed by atoms with E-state index in [4.69, 9.17) is 15.0 Å². The monoisotopic (exact) mass is 702 g/mol. The standard InChI is InChI=1S/C33H30N6S6/c1-40-25-7-19-13-37(14-20(19)8-26(25)41-2)31-34-32(38-15-21-9-27(42-3)28(43-4)10-22(21)16-38)36-33(35-31)39-17-23-11-29(44-5)30(45-6)12-24(23)18-39/h7-18H,1-6H3. The second-order valence-electron chi connectivity index (χ2n) is 10.2. The Morgan fingerprint density at radius 3 is 0.667 bits per heavy atom. The fourth-order valence-electron chi connectivity index (χ4n) is 5.45. The quantitative estimate of drug-likeness (QED) is 0.137. The minimum absolute atomic E-state index is 0.572. The lowest BCUT2D eigenvalue weighted by Gasteiger charge is -2.09. The van der Waals surface area contributed by atoms with Gasteiger partial charge in [-0.25, -0.2) is 0 Å². The molecule has 7 aromatic rings. The molecular formula is C33H30N6S6. The number of fused-ring (bicyclic) bond motifs is 3. The largest absolute Gasteiger partial charge is 0.291 e. The van der Waals surface area contributed by atoms with E-state index in [1.807, 2.05) is 13.7 Å². The van der Waals surface area contributed by atoms with Crippen molar-refractivity contribution >= 4 is 103 Å². The third-order valence-corrected chi connectivity index (χ3v) is 12.8. The zero-order valence-electron chi connectivity index (χ0n) is 25.6. The van der Waals surface area contributed by atoms with E-state index in [1.54, 1.807) is 70.6 Å². The van der Waals surface area contributed by atoms with Crippen LogP contribution in [-0.4, -0.2) is 66.2 Å². The van der Waals surface area contributed by atoms with Crippen LogP contribution in [0.3, 0.4) is 0 Å². The average molecular weight is 703 g/mol. The number of aromatic nitrogens is 6. The van der Waals surface area contributed by atoms with Crippen molar-refractivity contribution in [2.75, 3.05) is 37.5 Å². The van der Waals surface area contributed by atoms with E-state index < -0.39 is 0 Å². The molecule has 12 heteroatoms. The number of hydrogen-bond acceptors (Lipinski definition) is 9. The fourth-order valence-corrected chi connectivity index (χ4v) is 9.98. The predicted octanol–water partition coefficient (Wildman–Crippen LogP) is 10.0. The molecule has 0 N–H and O–H groups in total.